The van der Waals surface area contributed by atoms with Gasteiger partial charge in [0, 0.05) is 12.8 Å². The number of methoxy groups -OCH3 is 1. The van der Waals surface area contributed by atoms with E-state index in [1.165, 1.54) is 38.5 Å². The second-order valence-electron chi connectivity index (χ2n) is 5.75. The summed E-state index contributed by atoms with van der Waals surface area (Å²) in [5, 5.41) is 0. The monoisotopic (exact) mass is 338 g/mol. The van der Waals surface area contributed by atoms with Gasteiger partial charge >= 0.3 is 0 Å². The molecule has 0 saturated heterocycles. The van der Waals surface area contributed by atoms with Crippen LogP contribution in [0.15, 0.2) is 22.7 Å². The van der Waals surface area contributed by atoms with Gasteiger partial charge in [0.05, 0.1) is 11.6 Å². The Morgan fingerprint density at radius 2 is 1.95 bits per heavy atom. The number of Topliss-reactive ketones (excluding diaryl/α,β-unsaturated/α-hetero) is 1. The van der Waals surface area contributed by atoms with Crippen molar-refractivity contribution in [3.05, 3.63) is 28.2 Å². The Labute approximate surface area is 130 Å². The molecule has 1 saturated carbocycles. The fourth-order valence-electron chi connectivity index (χ4n) is 3.01. The zero-order valence-electron chi connectivity index (χ0n) is 12.2. The highest BCUT2D eigenvalue weighted by molar-refractivity contribution is 9.10. The molecule has 20 heavy (non-hydrogen) atoms. The third-order valence-electron chi connectivity index (χ3n) is 4.11. The molecule has 0 unspecified atom stereocenters. The van der Waals surface area contributed by atoms with Crippen molar-refractivity contribution in [1.82, 2.24) is 0 Å². The molecule has 1 fully saturated rings. The van der Waals surface area contributed by atoms with Crippen LogP contribution < -0.4 is 4.74 Å². The van der Waals surface area contributed by atoms with Crippen molar-refractivity contribution in [3.63, 3.8) is 0 Å². The summed E-state index contributed by atoms with van der Waals surface area (Å²) in [6, 6.07) is 5.89. The second kappa shape index (κ2) is 7.82. The van der Waals surface area contributed by atoms with Crippen molar-refractivity contribution >= 4 is 21.7 Å². The van der Waals surface area contributed by atoms with Crippen LogP contribution in [-0.2, 0) is 11.2 Å². The van der Waals surface area contributed by atoms with Crippen LogP contribution in [0.2, 0.25) is 0 Å². The zero-order chi connectivity index (χ0) is 14.4. The minimum atomic E-state index is 0.369. The van der Waals surface area contributed by atoms with Gasteiger partial charge in [0.25, 0.3) is 0 Å². The molecule has 0 aliphatic heterocycles. The van der Waals surface area contributed by atoms with Gasteiger partial charge in [-0.1, -0.05) is 44.6 Å². The third kappa shape index (κ3) is 4.62. The van der Waals surface area contributed by atoms with Crippen LogP contribution in [0.3, 0.4) is 0 Å². The average molecular weight is 339 g/mol. The Kier molecular flexibility index (Phi) is 6.08. The molecule has 1 aromatic rings. The number of ketones is 1. The Morgan fingerprint density at radius 1 is 1.25 bits per heavy atom. The number of hydrogen-bond acceptors (Lipinski definition) is 2. The predicted octanol–water partition coefficient (Wildman–Crippen LogP) is 4.93. The molecule has 1 aromatic carbocycles. The summed E-state index contributed by atoms with van der Waals surface area (Å²) in [7, 11) is 1.65. The van der Waals surface area contributed by atoms with E-state index in [4.69, 9.17) is 4.74 Å². The molecule has 3 heteroatoms. The molecule has 110 valence electrons. The third-order valence-corrected chi connectivity index (χ3v) is 4.73. The van der Waals surface area contributed by atoms with E-state index in [0.29, 0.717) is 18.1 Å². The second-order valence-corrected chi connectivity index (χ2v) is 6.60. The van der Waals surface area contributed by atoms with Gasteiger partial charge in [-0.2, -0.15) is 0 Å². The van der Waals surface area contributed by atoms with Crippen molar-refractivity contribution in [1.29, 1.82) is 0 Å². The van der Waals surface area contributed by atoms with Crippen LogP contribution in [0.25, 0.3) is 0 Å². The maximum atomic E-state index is 12.2. The van der Waals surface area contributed by atoms with E-state index in [1.54, 1.807) is 7.11 Å². The Morgan fingerprint density at radius 3 is 2.55 bits per heavy atom. The van der Waals surface area contributed by atoms with Gasteiger partial charge < -0.3 is 4.74 Å². The van der Waals surface area contributed by atoms with E-state index in [2.05, 4.69) is 15.9 Å². The van der Waals surface area contributed by atoms with E-state index in [0.717, 1.165) is 22.2 Å². The molecule has 0 aromatic heterocycles. The molecule has 1 aliphatic rings. The van der Waals surface area contributed by atoms with Gasteiger partial charge in [-0.05, 0) is 39.5 Å². The van der Waals surface area contributed by atoms with Crippen molar-refractivity contribution in [2.24, 2.45) is 5.92 Å². The van der Waals surface area contributed by atoms with Gasteiger partial charge in [0.1, 0.15) is 11.5 Å². The zero-order valence-corrected chi connectivity index (χ0v) is 13.7. The summed E-state index contributed by atoms with van der Waals surface area (Å²) >= 11 is 3.47. The molecule has 2 rings (SSSR count). The van der Waals surface area contributed by atoms with Crippen LogP contribution in [0.5, 0.6) is 5.75 Å². The fourth-order valence-corrected chi connectivity index (χ4v) is 3.60. The molecular formula is C17H23BrO2. The minimum absolute atomic E-state index is 0.369. The van der Waals surface area contributed by atoms with E-state index in [1.807, 2.05) is 18.2 Å². The summed E-state index contributed by atoms with van der Waals surface area (Å²) in [6.07, 6.45) is 9.04. The van der Waals surface area contributed by atoms with Gasteiger partial charge in [0.15, 0.2) is 0 Å². The molecule has 0 N–H and O–H groups in total. The van der Waals surface area contributed by atoms with Gasteiger partial charge in [0.2, 0.25) is 0 Å². The Balaban J connectivity index is 1.88. The average Bonchev–Trinajstić information content (AvgIpc) is 2.67. The predicted molar refractivity (Wildman–Crippen MR) is 85.2 cm³/mol. The molecule has 0 bridgehead atoms. The number of benzene rings is 1. The number of hydrogen-bond donors (Lipinski definition) is 0. The molecule has 1 aliphatic carbocycles. The highest BCUT2D eigenvalue weighted by Crippen LogP contribution is 2.28. The summed E-state index contributed by atoms with van der Waals surface area (Å²) in [4.78, 5) is 12.2. The standard InChI is InChI=1S/C17H23BrO2/c1-20-17-9-8-14(12-16(17)18)11-15(19)10-13-6-4-2-3-5-7-13/h8-9,12-13H,2-7,10-11H2,1H3. The first-order chi connectivity index (χ1) is 9.69. The minimum Gasteiger partial charge on any atom is -0.496 e. The Bertz CT molecular complexity index is 448. The van der Waals surface area contributed by atoms with E-state index >= 15 is 0 Å². The SMILES string of the molecule is COc1ccc(CC(=O)CC2CCCCCC2)cc1Br. The highest BCUT2D eigenvalue weighted by atomic mass is 79.9. The number of carbonyl (C=O) groups is 1. The lowest BCUT2D eigenvalue weighted by Crippen LogP contribution is -2.10. The van der Waals surface area contributed by atoms with E-state index < -0.39 is 0 Å². The van der Waals surface area contributed by atoms with E-state index in [9.17, 15) is 4.79 Å². The number of carbonyl (C=O) groups excluding carboxylic acids is 1. The maximum Gasteiger partial charge on any atom is 0.137 e. The summed E-state index contributed by atoms with van der Waals surface area (Å²) in [6.45, 7) is 0. The lowest BCUT2D eigenvalue weighted by Gasteiger charge is -2.13. The lowest BCUT2D eigenvalue weighted by molar-refractivity contribution is -0.119. The molecule has 0 amide bonds. The van der Waals surface area contributed by atoms with Crippen LogP contribution >= 0.6 is 15.9 Å². The van der Waals surface area contributed by atoms with Crippen molar-refractivity contribution in [3.8, 4) is 5.75 Å². The largest absolute Gasteiger partial charge is 0.496 e. The fraction of sp³-hybridized carbons (Fsp3) is 0.588. The van der Waals surface area contributed by atoms with Crippen LogP contribution in [0, 0.1) is 5.92 Å². The van der Waals surface area contributed by atoms with Crippen molar-refractivity contribution in [2.45, 2.75) is 51.4 Å². The first-order valence-corrected chi connectivity index (χ1v) is 8.32. The van der Waals surface area contributed by atoms with Crippen LogP contribution in [0.4, 0.5) is 0 Å². The van der Waals surface area contributed by atoms with Crippen LogP contribution in [0.1, 0.15) is 50.5 Å². The number of ether oxygens (including phenoxy) is 1. The normalized spacial score (nSPS) is 16.7. The smallest absolute Gasteiger partial charge is 0.137 e. The van der Waals surface area contributed by atoms with Crippen molar-refractivity contribution < 1.29 is 9.53 Å². The molecular weight excluding hydrogens is 316 g/mol. The molecule has 0 heterocycles. The summed E-state index contributed by atoms with van der Waals surface area (Å²) in [5.41, 5.74) is 1.07. The molecule has 0 atom stereocenters. The van der Waals surface area contributed by atoms with Gasteiger partial charge in [-0.25, -0.2) is 0 Å². The Hall–Kier alpha value is -0.830. The van der Waals surface area contributed by atoms with Crippen LogP contribution in [-0.4, -0.2) is 12.9 Å². The van der Waals surface area contributed by atoms with Crippen molar-refractivity contribution in [2.75, 3.05) is 7.11 Å². The topological polar surface area (TPSA) is 26.3 Å². The van der Waals surface area contributed by atoms with Gasteiger partial charge in [-0.15, -0.1) is 0 Å². The number of halogens is 1. The molecule has 0 radical (unpaired) electrons. The van der Waals surface area contributed by atoms with E-state index in [-0.39, 0.29) is 0 Å². The summed E-state index contributed by atoms with van der Waals surface area (Å²) < 4.78 is 6.12. The lowest BCUT2D eigenvalue weighted by atomic mass is 9.92. The first-order valence-electron chi connectivity index (χ1n) is 7.53. The highest BCUT2D eigenvalue weighted by Gasteiger charge is 2.16. The molecule has 0 spiro atoms. The summed E-state index contributed by atoms with van der Waals surface area (Å²) in [5.74, 6) is 1.80. The first kappa shape index (κ1) is 15.6. The molecule has 2 nitrogen and oxygen atoms in total. The van der Waals surface area contributed by atoms with Gasteiger partial charge in [-0.3, -0.25) is 4.79 Å². The maximum absolute atomic E-state index is 12.2. The quantitative estimate of drug-likeness (QED) is 0.711. The number of rotatable bonds is 5.